The van der Waals surface area contributed by atoms with Gasteiger partial charge < -0.3 is 34.8 Å². The van der Waals surface area contributed by atoms with Crippen LogP contribution >= 0.6 is 0 Å². The molecule has 3 fully saturated rings. The zero-order valence-corrected chi connectivity index (χ0v) is 23.1. The zero-order valence-electron chi connectivity index (χ0n) is 23.1. The van der Waals surface area contributed by atoms with Gasteiger partial charge in [0.25, 0.3) is 0 Å². The molecule has 0 radical (unpaired) electrons. The molecule has 4 N–H and O–H groups in total. The number of nitrogens with one attached hydrogen (secondary N) is 1. The molecule has 2 saturated carbocycles. The fourth-order valence-electron chi connectivity index (χ4n) is 8.47. The van der Waals surface area contributed by atoms with Crippen LogP contribution in [0.15, 0.2) is 48.8 Å². The molecule has 8 atom stereocenters. The fraction of sp³-hybridized carbons (Fsp3) is 0.567. The minimum absolute atomic E-state index is 0.0435. The number of ether oxygens (including phenoxy) is 3. The van der Waals surface area contributed by atoms with E-state index in [0.29, 0.717) is 17.5 Å². The summed E-state index contributed by atoms with van der Waals surface area (Å²) in [5.41, 5.74) is -2.15. The molecule has 1 aliphatic heterocycles. The van der Waals surface area contributed by atoms with Crippen LogP contribution in [0, 0.1) is 16.7 Å². The molecule has 40 heavy (non-hydrogen) atoms. The van der Waals surface area contributed by atoms with Crippen molar-refractivity contribution in [2.75, 3.05) is 13.2 Å². The standard InChI is InChI=1S/C30H36N2O8/c1-5-38-25(36)32-22(17-10-12-31-13-11-17)23(34)24(35)39-21-14-20-26(2,3)27(21,4)29-15-28(37,16-33)18-8-6-7-9-19(18)30(20,29)40-29/h6-13,20-23,33-34,37H,5,14-16H2,1-4H3,(H,32,36)/t20?,21?,22-,23+,27?,28-,29-,30+/m0/s1. The van der Waals surface area contributed by atoms with Gasteiger partial charge in [0.05, 0.1) is 19.3 Å². The number of nitrogens with zero attached hydrogens (tertiary/aromatic N) is 1. The number of aliphatic hydroxyl groups is 3. The van der Waals surface area contributed by atoms with E-state index >= 15 is 0 Å². The Balaban J connectivity index is 1.32. The molecule has 0 spiro atoms. The largest absolute Gasteiger partial charge is 0.460 e. The van der Waals surface area contributed by atoms with Gasteiger partial charge in [-0.05, 0) is 47.6 Å². The zero-order chi connectivity index (χ0) is 28.7. The summed E-state index contributed by atoms with van der Waals surface area (Å²) in [7, 11) is 0. The van der Waals surface area contributed by atoms with Crippen LogP contribution in [0.2, 0.25) is 0 Å². The smallest absolute Gasteiger partial charge is 0.407 e. The molecule has 1 amide bonds. The Kier molecular flexibility index (Phi) is 5.92. The lowest BCUT2D eigenvalue weighted by atomic mass is 9.57. The van der Waals surface area contributed by atoms with Crippen LogP contribution in [-0.2, 0) is 30.2 Å². The van der Waals surface area contributed by atoms with Gasteiger partial charge in [-0.15, -0.1) is 0 Å². The highest BCUT2D eigenvalue weighted by Gasteiger charge is 2.96. The summed E-state index contributed by atoms with van der Waals surface area (Å²) < 4.78 is 17.8. The summed E-state index contributed by atoms with van der Waals surface area (Å²) >= 11 is 0. The number of hydrogen-bond donors (Lipinski definition) is 4. The second-order valence-corrected chi connectivity index (χ2v) is 12.3. The Labute approximate surface area is 232 Å². The maximum absolute atomic E-state index is 13.5. The van der Waals surface area contributed by atoms with Gasteiger partial charge in [-0.2, -0.15) is 0 Å². The highest BCUT2D eigenvalue weighted by atomic mass is 16.6. The average molecular weight is 553 g/mol. The normalized spacial score (nSPS) is 37.4. The number of hydrogen-bond acceptors (Lipinski definition) is 9. The molecule has 10 nitrogen and oxygen atoms in total. The maximum Gasteiger partial charge on any atom is 0.407 e. The van der Waals surface area contributed by atoms with Crippen LogP contribution in [0.25, 0.3) is 0 Å². The van der Waals surface area contributed by atoms with Crippen LogP contribution in [-0.4, -0.2) is 63.4 Å². The molecule has 1 saturated heterocycles. The van der Waals surface area contributed by atoms with Crippen molar-refractivity contribution in [1.82, 2.24) is 10.3 Å². The highest BCUT2D eigenvalue weighted by Crippen LogP contribution is 2.89. The van der Waals surface area contributed by atoms with Crippen molar-refractivity contribution in [3.05, 3.63) is 65.5 Å². The van der Waals surface area contributed by atoms with Crippen molar-refractivity contribution < 1.29 is 39.1 Å². The van der Waals surface area contributed by atoms with Crippen LogP contribution in [0.1, 0.15) is 63.3 Å². The predicted octanol–water partition coefficient (Wildman–Crippen LogP) is 2.46. The van der Waals surface area contributed by atoms with E-state index in [1.54, 1.807) is 19.1 Å². The fourth-order valence-corrected chi connectivity index (χ4v) is 8.47. The van der Waals surface area contributed by atoms with Gasteiger partial charge in [-0.1, -0.05) is 45.0 Å². The topological polar surface area (TPSA) is 151 Å². The third kappa shape index (κ3) is 3.16. The van der Waals surface area contributed by atoms with Crippen LogP contribution < -0.4 is 5.32 Å². The Morgan fingerprint density at radius 2 is 1.82 bits per heavy atom. The third-order valence-electron chi connectivity index (χ3n) is 10.6. The van der Waals surface area contributed by atoms with E-state index in [1.807, 2.05) is 31.2 Å². The van der Waals surface area contributed by atoms with E-state index in [9.17, 15) is 24.9 Å². The number of carbonyl (C=O) groups excluding carboxylic acids is 2. The summed E-state index contributed by atoms with van der Waals surface area (Å²) in [6.45, 7) is 7.60. The number of pyridine rings is 1. The Morgan fingerprint density at radius 1 is 1.15 bits per heavy atom. The molecular formula is C30H36N2O8. The van der Waals surface area contributed by atoms with Gasteiger partial charge in [-0.3, -0.25) is 4.98 Å². The second kappa shape index (κ2) is 8.72. The van der Waals surface area contributed by atoms with Crippen molar-refractivity contribution in [2.24, 2.45) is 16.7 Å². The average Bonchev–Trinajstić information content (AvgIpc) is 3.57. The molecule has 2 aromatic rings. The molecule has 10 heteroatoms. The van der Waals surface area contributed by atoms with Crippen molar-refractivity contribution >= 4 is 12.1 Å². The molecule has 214 valence electrons. The van der Waals surface area contributed by atoms with Crippen molar-refractivity contribution in [3.8, 4) is 0 Å². The molecular weight excluding hydrogens is 516 g/mol. The van der Waals surface area contributed by atoms with Crippen LogP contribution in [0.5, 0.6) is 0 Å². The quantitative estimate of drug-likeness (QED) is 0.300. The first-order valence-electron chi connectivity index (χ1n) is 13.8. The Hall–Kier alpha value is -3.05. The number of amides is 1. The van der Waals surface area contributed by atoms with Crippen molar-refractivity contribution in [2.45, 2.75) is 75.6 Å². The molecule has 2 bridgehead atoms. The number of benzene rings is 1. The number of fused-ring (bicyclic) bond motifs is 3. The molecule has 1 aromatic carbocycles. The lowest BCUT2D eigenvalue weighted by molar-refractivity contribution is -0.175. The van der Waals surface area contributed by atoms with E-state index < -0.39 is 59.1 Å². The van der Waals surface area contributed by atoms with E-state index in [-0.39, 0.29) is 24.4 Å². The Bertz CT molecular complexity index is 1350. The van der Waals surface area contributed by atoms with Crippen molar-refractivity contribution in [3.63, 3.8) is 0 Å². The number of esters is 1. The van der Waals surface area contributed by atoms with Gasteiger partial charge in [-0.25, -0.2) is 9.59 Å². The number of aliphatic hydroxyl groups excluding tert-OH is 2. The molecule has 1 aromatic heterocycles. The van der Waals surface area contributed by atoms with Gasteiger partial charge >= 0.3 is 12.1 Å². The lowest BCUT2D eigenvalue weighted by Gasteiger charge is -2.47. The third-order valence-corrected chi connectivity index (χ3v) is 10.6. The maximum atomic E-state index is 13.5. The second-order valence-electron chi connectivity index (χ2n) is 12.3. The molecule has 3 aliphatic carbocycles. The monoisotopic (exact) mass is 552 g/mol. The van der Waals surface area contributed by atoms with Gasteiger partial charge in [0.2, 0.25) is 0 Å². The summed E-state index contributed by atoms with van der Waals surface area (Å²) in [5.74, 6) is -0.928. The summed E-state index contributed by atoms with van der Waals surface area (Å²) in [6.07, 6.45) is 0.521. The molecule has 3 unspecified atom stereocenters. The van der Waals surface area contributed by atoms with Crippen molar-refractivity contribution in [1.29, 1.82) is 0 Å². The number of carbonyl (C=O) groups is 2. The van der Waals surface area contributed by atoms with E-state index in [0.717, 1.165) is 5.56 Å². The minimum Gasteiger partial charge on any atom is -0.460 e. The van der Waals surface area contributed by atoms with Gasteiger partial charge in [0.1, 0.15) is 22.9 Å². The molecule has 2 heterocycles. The number of alkyl carbamates (subject to hydrolysis) is 1. The van der Waals surface area contributed by atoms with Gasteiger partial charge in [0, 0.05) is 30.1 Å². The summed E-state index contributed by atoms with van der Waals surface area (Å²) in [5, 5.41) is 35.7. The van der Waals surface area contributed by atoms with E-state index in [1.165, 1.54) is 12.4 Å². The van der Waals surface area contributed by atoms with Crippen LogP contribution in [0.4, 0.5) is 4.79 Å². The number of epoxide rings is 1. The summed E-state index contributed by atoms with van der Waals surface area (Å²) in [4.78, 5) is 29.8. The van der Waals surface area contributed by atoms with Gasteiger partial charge in [0.15, 0.2) is 6.10 Å². The molecule has 6 rings (SSSR count). The first-order valence-corrected chi connectivity index (χ1v) is 13.8. The Morgan fingerprint density at radius 3 is 2.48 bits per heavy atom. The first kappa shape index (κ1) is 27.1. The molecule has 4 aliphatic rings. The predicted molar refractivity (Wildman–Crippen MR) is 141 cm³/mol. The van der Waals surface area contributed by atoms with Crippen LogP contribution in [0.3, 0.4) is 0 Å². The minimum atomic E-state index is -1.72. The first-order chi connectivity index (χ1) is 18.9. The summed E-state index contributed by atoms with van der Waals surface area (Å²) in [6, 6.07) is 9.63. The SMILES string of the molecule is CCOC(=O)N[C@@H](c1ccncc1)[C@@H](O)C(=O)OC1CC2C(C)(C)C1(C)[C@@]13C[C@](O)(CO)c4ccccc4[C@@]21O3. The van der Waals surface area contributed by atoms with E-state index in [4.69, 9.17) is 14.2 Å². The highest BCUT2D eigenvalue weighted by molar-refractivity contribution is 5.78. The lowest BCUT2D eigenvalue weighted by Crippen LogP contribution is -2.56. The number of aromatic nitrogens is 1. The number of rotatable bonds is 7. The van der Waals surface area contributed by atoms with E-state index in [2.05, 4.69) is 24.1 Å².